The van der Waals surface area contributed by atoms with Crippen molar-refractivity contribution in [3.8, 4) is 0 Å². The number of rotatable bonds is 6. The zero-order chi connectivity index (χ0) is 18.0. The van der Waals surface area contributed by atoms with Crippen LogP contribution in [-0.4, -0.2) is 31.7 Å². The number of aliphatic hydroxyl groups is 1. The topological polar surface area (TPSA) is 83.5 Å². The minimum absolute atomic E-state index is 0.199. The van der Waals surface area contributed by atoms with Crippen LogP contribution in [0.25, 0.3) is 0 Å². The summed E-state index contributed by atoms with van der Waals surface area (Å²) in [4.78, 5) is 12.1. The molecule has 0 aliphatic carbocycles. The summed E-state index contributed by atoms with van der Waals surface area (Å²) in [5.74, 6) is -4.48. The predicted octanol–water partition coefficient (Wildman–Crippen LogP) is 2.38. The van der Waals surface area contributed by atoms with Crippen LogP contribution in [0.1, 0.15) is 22.2 Å². The van der Waals surface area contributed by atoms with Crippen molar-refractivity contribution in [3.63, 3.8) is 0 Å². The lowest BCUT2D eigenvalue weighted by Gasteiger charge is -2.22. The highest BCUT2D eigenvalue weighted by Crippen LogP contribution is 2.25. The molecule has 0 aliphatic heterocycles. The first-order chi connectivity index (χ1) is 11.2. The van der Waals surface area contributed by atoms with E-state index in [0.717, 1.165) is 12.1 Å². The van der Waals surface area contributed by atoms with Gasteiger partial charge in [0.05, 0.1) is 17.0 Å². The molecule has 1 aromatic carbocycles. The van der Waals surface area contributed by atoms with Crippen LogP contribution in [0, 0.1) is 0 Å². The highest BCUT2D eigenvalue weighted by molar-refractivity contribution is 7.91. The van der Waals surface area contributed by atoms with E-state index in [4.69, 9.17) is 0 Å². The number of carbonyl (C=O) groups excluding carboxylic acids is 1. The standard InChI is InChI=1S/C15H15F2NO4S2/c1-15(20,12-7-4-8-23-12)9-18-13(19)10-5-2-3-6-11(10)24(21,22)14(16)17/h2-8,14,20H,9H2,1H3,(H,18,19). The number of hydrogen-bond donors (Lipinski definition) is 2. The van der Waals surface area contributed by atoms with E-state index in [1.165, 1.54) is 30.4 Å². The molecule has 0 fully saturated rings. The first kappa shape index (κ1) is 18.5. The van der Waals surface area contributed by atoms with E-state index in [-0.39, 0.29) is 12.1 Å². The molecule has 0 saturated heterocycles. The normalized spacial score (nSPS) is 14.4. The van der Waals surface area contributed by atoms with Gasteiger partial charge in [-0.25, -0.2) is 8.42 Å². The molecule has 1 heterocycles. The fraction of sp³-hybridized carbons (Fsp3) is 0.267. The second-order valence-electron chi connectivity index (χ2n) is 5.24. The van der Waals surface area contributed by atoms with Gasteiger partial charge in [-0.05, 0) is 30.5 Å². The van der Waals surface area contributed by atoms with E-state index in [2.05, 4.69) is 5.32 Å². The van der Waals surface area contributed by atoms with Crippen LogP contribution in [0.2, 0.25) is 0 Å². The molecule has 0 radical (unpaired) electrons. The number of halogens is 2. The van der Waals surface area contributed by atoms with Gasteiger partial charge in [-0.3, -0.25) is 4.79 Å². The highest BCUT2D eigenvalue weighted by Gasteiger charge is 2.31. The highest BCUT2D eigenvalue weighted by atomic mass is 32.2. The van der Waals surface area contributed by atoms with E-state index in [1.807, 2.05) is 0 Å². The predicted molar refractivity (Wildman–Crippen MR) is 85.9 cm³/mol. The van der Waals surface area contributed by atoms with E-state index in [9.17, 15) is 27.1 Å². The third-order valence-electron chi connectivity index (χ3n) is 3.32. The number of benzene rings is 1. The molecule has 2 rings (SSSR count). The van der Waals surface area contributed by atoms with Crippen molar-refractivity contribution < 1.29 is 27.1 Å². The maximum absolute atomic E-state index is 12.7. The van der Waals surface area contributed by atoms with E-state index in [0.29, 0.717) is 4.88 Å². The number of hydrogen-bond acceptors (Lipinski definition) is 5. The van der Waals surface area contributed by atoms with Gasteiger partial charge in [-0.15, -0.1) is 11.3 Å². The van der Waals surface area contributed by atoms with Gasteiger partial charge in [-0.2, -0.15) is 8.78 Å². The third-order valence-corrected chi connectivity index (χ3v) is 5.88. The van der Waals surface area contributed by atoms with Gasteiger partial charge >= 0.3 is 5.76 Å². The molecular formula is C15H15F2NO4S2. The lowest BCUT2D eigenvalue weighted by molar-refractivity contribution is 0.0555. The molecule has 2 aromatic rings. The number of nitrogens with one attached hydrogen (secondary N) is 1. The van der Waals surface area contributed by atoms with Crippen molar-refractivity contribution >= 4 is 27.1 Å². The number of carbonyl (C=O) groups is 1. The van der Waals surface area contributed by atoms with Crippen LogP contribution >= 0.6 is 11.3 Å². The first-order valence-corrected chi connectivity index (χ1v) is 9.24. The number of alkyl halides is 2. The largest absolute Gasteiger partial charge is 0.383 e. The Morgan fingerprint density at radius 2 is 1.96 bits per heavy atom. The summed E-state index contributed by atoms with van der Waals surface area (Å²) >= 11 is 1.29. The average Bonchev–Trinajstić information content (AvgIpc) is 3.08. The zero-order valence-corrected chi connectivity index (χ0v) is 14.2. The Labute approximate surface area is 141 Å². The summed E-state index contributed by atoms with van der Waals surface area (Å²) in [5.41, 5.74) is -1.75. The third kappa shape index (κ3) is 3.80. The molecule has 0 bridgehead atoms. The van der Waals surface area contributed by atoms with E-state index < -0.39 is 32.0 Å². The molecule has 0 spiro atoms. The first-order valence-electron chi connectivity index (χ1n) is 6.82. The quantitative estimate of drug-likeness (QED) is 0.812. The molecule has 130 valence electrons. The summed E-state index contributed by atoms with van der Waals surface area (Å²) in [7, 11) is -4.90. The average molecular weight is 375 g/mol. The molecule has 1 aromatic heterocycles. The molecule has 1 amide bonds. The van der Waals surface area contributed by atoms with Gasteiger partial charge in [-0.1, -0.05) is 18.2 Å². The van der Waals surface area contributed by atoms with Gasteiger partial charge < -0.3 is 10.4 Å². The fourth-order valence-corrected chi connectivity index (χ4v) is 3.73. The summed E-state index contributed by atoms with van der Waals surface area (Å²) in [5, 5.41) is 14.5. The van der Waals surface area contributed by atoms with Gasteiger partial charge in [0.1, 0.15) is 5.60 Å². The van der Waals surface area contributed by atoms with Crippen LogP contribution in [0.3, 0.4) is 0 Å². The lowest BCUT2D eigenvalue weighted by atomic mass is 10.1. The Kier molecular flexibility index (Phi) is 5.36. The maximum Gasteiger partial charge on any atom is 0.341 e. The van der Waals surface area contributed by atoms with Crippen molar-refractivity contribution in [1.82, 2.24) is 5.32 Å². The number of amides is 1. The Bertz CT molecular complexity index is 818. The van der Waals surface area contributed by atoms with Crippen molar-refractivity contribution in [2.24, 2.45) is 0 Å². The van der Waals surface area contributed by atoms with Crippen molar-refractivity contribution in [3.05, 3.63) is 52.2 Å². The second kappa shape index (κ2) is 6.96. The molecular weight excluding hydrogens is 360 g/mol. The van der Waals surface area contributed by atoms with Gasteiger partial charge in [0.25, 0.3) is 5.91 Å². The van der Waals surface area contributed by atoms with Crippen molar-refractivity contribution in [2.75, 3.05) is 6.54 Å². The van der Waals surface area contributed by atoms with Gasteiger partial charge in [0.15, 0.2) is 0 Å². The van der Waals surface area contributed by atoms with Gasteiger partial charge in [0, 0.05) is 4.88 Å². The molecule has 0 aliphatic rings. The molecule has 24 heavy (non-hydrogen) atoms. The molecule has 0 saturated carbocycles. The summed E-state index contributed by atoms with van der Waals surface area (Å²) < 4.78 is 48.8. The van der Waals surface area contributed by atoms with Crippen LogP contribution in [-0.2, 0) is 15.4 Å². The van der Waals surface area contributed by atoms with E-state index >= 15 is 0 Å². The minimum Gasteiger partial charge on any atom is -0.383 e. The Hall–Kier alpha value is -1.84. The van der Waals surface area contributed by atoms with E-state index in [1.54, 1.807) is 17.5 Å². The molecule has 1 unspecified atom stereocenters. The second-order valence-corrected chi connectivity index (χ2v) is 8.07. The maximum atomic E-state index is 12.7. The van der Waals surface area contributed by atoms with Crippen LogP contribution < -0.4 is 5.32 Å². The van der Waals surface area contributed by atoms with Crippen LogP contribution in [0.4, 0.5) is 8.78 Å². The Balaban J connectivity index is 2.23. The summed E-state index contributed by atoms with van der Waals surface area (Å²) in [6.07, 6.45) is 0. The Morgan fingerprint density at radius 3 is 2.54 bits per heavy atom. The van der Waals surface area contributed by atoms with Crippen LogP contribution in [0.15, 0.2) is 46.7 Å². The molecule has 1 atom stereocenters. The minimum atomic E-state index is -4.90. The number of thiophene rings is 1. The molecule has 9 heteroatoms. The van der Waals surface area contributed by atoms with Crippen molar-refractivity contribution in [1.29, 1.82) is 0 Å². The molecule has 2 N–H and O–H groups in total. The Morgan fingerprint density at radius 1 is 1.29 bits per heavy atom. The number of sulfone groups is 1. The fourth-order valence-electron chi connectivity index (χ4n) is 2.02. The van der Waals surface area contributed by atoms with Gasteiger partial charge in [0.2, 0.25) is 9.84 Å². The van der Waals surface area contributed by atoms with Crippen molar-refractivity contribution in [2.45, 2.75) is 23.2 Å². The molecule has 5 nitrogen and oxygen atoms in total. The SMILES string of the molecule is CC(O)(CNC(=O)c1ccccc1S(=O)(=O)C(F)F)c1cccs1. The zero-order valence-electron chi connectivity index (χ0n) is 12.6. The summed E-state index contributed by atoms with van der Waals surface area (Å²) in [6, 6.07) is 8.15. The monoisotopic (exact) mass is 375 g/mol. The lowest BCUT2D eigenvalue weighted by Crippen LogP contribution is -2.38. The van der Waals surface area contributed by atoms with Crippen LogP contribution in [0.5, 0.6) is 0 Å². The summed E-state index contributed by atoms with van der Waals surface area (Å²) in [6.45, 7) is 1.29. The smallest absolute Gasteiger partial charge is 0.341 e.